The number of nitrogens with one attached hydrogen (secondary N) is 1. The number of ether oxygens (including phenoxy) is 1. The molecule has 1 heterocycles. The molecule has 1 amide bonds. The number of aryl methyl sites for hydroxylation is 1. The van der Waals surface area contributed by atoms with E-state index in [1.165, 1.54) is 12.3 Å². The zero-order valence-corrected chi connectivity index (χ0v) is 14.6. The predicted octanol–water partition coefficient (Wildman–Crippen LogP) is 3.41. The summed E-state index contributed by atoms with van der Waals surface area (Å²) in [5.74, 6) is 0.101. The SMILES string of the molecule is CCOc1cc(/C=N\NC(=O)c2cc3ccccc3nc2C)ccc1O. The summed E-state index contributed by atoms with van der Waals surface area (Å²) in [6, 6.07) is 14.3. The van der Waals surface area contributed by atoms with Gasteiger partial charge in [-0.05, 0) is 49.7 Å². The molecule has 0 aliphatic carbocycles. The molecule has 2 N–H and O–H groups in total. The Hall–Kier alpha value is -3.41. The fourth-order valence-corrected chi connectivity index (χ4v) is 2.55. The van der Waals surface area contributed by atoms with Crippen molar-refractivity contribution in [3.63, 3.8) is 0 Å². The van der Waals surface area contributed by atoms with Crippen LogP contribution in [0.5, 0.6) is 11.5 Å². The fourth-order valence-electron chi connectivity index (χ4n) is 2.55. The number of benzene rings is 2. The highest BCUT2D eigenvalue weighted by Gasteiger charge is 2.11. The van der Waals surface area contributed by atoms with Gasteiger partial charge in [-0.2, -0.15) is 5.10 Å². The number of hydrogen-bond donors (Lipinski definition) is 2. The minimum absolute atomic E-state index is 0.0610. The number of aromatic hydroxyl groups is 1. The Morgan fingerprint density at radius 2 is 2.08 bits per heavy atom. The first kappa shape index (κ1) is 17.4. The number of para-hydroxylation sites is 1. The molecule has 0 bridgehead atoms. The van der Waals surface area contributed by atoms with E-state index in [-0.39, 0.29) is 11.7 Å². The van der Waals surface area contributed by atoms with Crippen molar-refractivity contribution < 1.29 is 14.6 Å². The number of phenols is 1. The molecular weight excluding hydrogens is 330 g/mol. The molecule has 6 nitrogen and oxygen atoms in total. The molecule has 1 aromatic heterocycles. The highest BCUT2D eigenvalue weighted by molar-refractivity contribution is 5.99. The number of carbonyl (C=O) groups excluding carboxylic acids is 1. The smallest absolute Gasteiger partial charge is 0.273 e. The van der Waals surface area contributed by atoms with Gasteiger partial charge in [-0.15, -0.1) is 0 Å². The van der Waals surface area contributed by atoms with Crippen LogP contribution >= 0.6 is 0 Å². The van der Waals surface area contributed by atoms with Gasteiger partial charge in [-0.1, -0.05) is 18.2 Å². The van der Waals surface area contributed by atoms with E-state index in [9.17, 15) is 9.90 Å². The Kier molecular flexibility index (Phi) is 5.12. The van der Waals surface area contributed by atoms with Crippen LogP contribution < -0.4 is 10.2 Å². The van der Waals surface area contributed by atoms with E-state index in [2.05, 4.69) is 15.5 Å². The van der Waals surface area contributed by atoms with E-state index in [1.54, 1.807) is 25.1 Å². The second-order valence-corrected chi connectivity index (χ2v) is 5.67. The van der Waals surface area contributed by atoms with Crippen molar-refractivity contribution in [3.05, 3.63) is 65.4 Å². The number of fused-ring (bicyclic) bond motifs is 1. The van der Waals surface area contributed by atoms with Crippen molar-refractivity contribution in [3.8, 4) is 11.5 Å². The van der Waals surface area contributed by atoms with Gasteiger partial charge in [0.05, 0.1) is 29.6 Å². The van der Waals surface area contributed by atoms with Crippen LogP contribution in [0.15, 0.2) is 53.6 Å². The lowest BCUT2D eigenvalue weighted by molar-refractivity contribution is 0.0954. The van der Waals surface area contributed by atoms with Gasteiger partial charge in [0.1, 0.15) is 0 Å². The van der Waals surface area contributed by atoms with Crippen LogP contribution in [0, 0.1) is 6.92 Å². The number of amides is 1. The molecule has 0 atom stereocenters. The summed E-state index contributed by atoms with van der Waals surface area (Å²) in [4.78, 5) is 16.8. The zero-order valence-electron chi connectivity index (χ0n) is 14.6. The molecular formula is C20H19N3O3. The average Bonchev–Trinajstić information content (AvgIpc) is 2.64. The van der Waals surface area contributed by atoms with Gasteiger partial charge in [0.25, 0.3) is 5.91 Å². The summed E-state index contributed by atoms with van der Waals surface area (Å²) in [6.45, 7) is 4.07. The van der Waals surface area contributed by atoms with Crippen LogP contribution in [-0.2, 0) is 0 Å². The molecule has 6 heteroatoms. The van der Waals surface area contributed by atoms with Gasteiger partial charge in [-0.25, -0.2) is 5.43 Å². The topological polar surface area (TPSA) is 83.8 Å². The van der Waals surface area contributed by atoms with E-state index in [0.717, 1.165) is 10.9 Å². The third kappa shape index (κ3) is 3.80. The molecule has 0 radical (unpaired) electrons. The highest BCUT2D eigenvalue weighted by Crippen LogP contribution is 2.26. The maximum absolute atomic E-state index is 12.4. The maximum atomic E-state index is 12.4. The lowest BCUT2D eigenvalue weighted by Crippen LogP contribution is -2.19. The number of hydrazone groups is 1. The summed E-state index contributed by atoms with van der Waals surface area (Å²) >= 11 is 0. The van der Waals surface area contributed by atoms with E-state index in [1.807, 2.05) is 31.2 Å². The van der Waals surface area contributed by atoms with Gasteiger partial charge in [0.2, 0.25) is 0 Å². The van der Waals surface area contributed by atoms with Crippen LogP contribution in [0.2, 0.25) is 0 Å². The molecule has 132 valence electrons. The molecule has 3 rings (SSSR count). The molecule has 2 aromatic carbocycles. The first-order chi connectivity index (χ1) is 12.6. The number of nitrogens with zero attached hydrogens (tertiary/aromatic N) is 2. The fraction of sp³-hybridized carbons (Fsp3) is 0.150. The van der Waals surface area contributed by atoms with Gasteiger partial charge in [0, 0.05) is 5.39 Å². The molecule has 3 aromatic rings. The van der Waals surface area contributed by atoms with Crippen molar-refractivity contribution in [2.75, 3.05) is 6.61 Å². The van der Waals surface area contributed by atoms with Crippen LogP contribution in [0.4, 0.5) is 0 Å². The summed E-state index contributed by atoms with van der Waals surface area (Å²) < 4.78 is 5.32. The first-order valence-electron chi connectivity index (χ1n) is 8.24. The predicted molar refractivity (Wildman–Crippen MR) is 101 cm³/mol. The van der Waals surface area contributed by atoms with Crippen LogP contribution in [-0.4, -0.2) is 28.8 Å². The lowest BCUT2D eigenvalue weighted by Gasteiger charge is -2.07. The van der Waals surface area contributed by atoms with Gasteiger partial charge in [0.15, 0.2) is 11.5 Å². The second kappa shape index (κ2) is 7.65. The molecule has 0 fully saturated rings. The second-order valence-electron chi connectivity index (χ2n) is 5.67. The number of hydrogen-bond acceptors (Lipinski definition) is 5. The minimum Gasteiger partial charge on any atom is -0.504 e. The number of pyridine rings is 1. The lowest BCUT2D eigenvalue weighted by atomic mass is 10.1. The van der Waals surface area contributed by atoms with Crippen molar-refractivity contribution in [1.29, 1.82) is 0 Å². The Morgan fingerprint density at radius 3 is 2.88 bits per heavy atom. The molecule has 0 unspecified atom stereocenters. The number of carbonyl (C=O) groups is 1. The Bertz CT molecular complexity index is 983. The number of aromatic nitrogens is 1. The van der Waals surface area contributed by atoms with Gasteiger partial charge < -0.3 is 9.84 Å². The van der Waals surface area contributed by atoms with E-state index in [4.69, 9.17) is 4.74 Å². The van der Waals surface area contributed by atoms with Crippen LogP contribution in [0.1, 0.15) is 28.5 Å². The largest absolute Gasteiger partial charge is 0.504 e. The molecule has 0 aliphatic heterocycles. The summed E-state index contributed by atoms with van der Waals surface area (Å²) in [5, 5.41) is 14.6. The molecule has 0 spiro atoms. The van der Waals surface area contributed by atoms with Gasteiger partial charge >= 0.3 is 0 Å². The summed E-state index contributed by atoms with van der Waals surface area (Å²) in [7, 11) is 0. The number of phenolic OH excluding ortho intramolecular Hbond substituents is 1. The molecule has 0 saturated carbocycles. The zero-order chi connectivity index (χ0) is 18.5. The first-order valence-corrected chi connectivity index (χ1v) is 8.24. The third-order valence-corrected chi connectivity index (χ3v) is 3.82. The summed E-state index contributed by atoms with van der Waals surface area (Å²) in [5.41, 5.74) is 5.16. The van der Waals surface area contributed by atoms with Crippen LogP contribution in [0.3, 0.4) is 0 Å². The van der Waals surface area contributed by atoms with E-state index in [0.29, 0.717) is 29.2 Å². The summed E-state index contributed by atoms with van der Waals surface area (Å²) in [6.07, 6.45) is 1.49. The molecule has 0 saturated heterocycles. The molecule has 0 aliphatic rings. The monoisotopic (exact) mass is 349 g/mol. The minimum atomic E-state index is -0.333. The van der Waals surface area contributed by atoms with Crippen molar-refractivity contribution in [2.24, 2.45) is 5.10 Å². The average molecular weight is 349 g/mol. The van der Waals surface area contributed by atoms with Crippen molar-refractivity contribution in [1.82, 2.24) is 10.4 Å². The normalized spacial score (nSPS) is 11.0. The van der Waals surface area contributed by atoms with Gasteiger partial charge in [-0.3, -0.25) is 9.78 Å². The Morgan fingerprint density at radius 1 is 1.27 bits per heavy atom. The number of rotatable bonds is 5. The maximum Gasteiger partial charge on any atom is 0.273 e. The van der Waals surface area contributed by atoms with E-state index < -0.39 is 0 Å². The molecule has 26 heavy (non-hydrogen) atoms. The quantitative estimate of drug-likeness (QED) is 0.546. The van der Waals surface area contributed by atoms with Crippen LogP contribution in [0.25, 0.3) is 10.9 Å². The van der Waals surface area contributed by atoms with Crippen molar-refractivity contribution >= 4 is 23.0 Å². The highest BCUT2D eigenvalue weighted by atomic mass is 16.5. The van der Waals surface area contributed by atoms with Crippen molar-refractivity contribution in [2.45, 2.75) is 13.8 Å². The Balaban J connectivity index is 1.75. The third-order valence-electron chi connectivity index (χ3n) is 3.82. The Labute approximate surface area is 151 Å². The standard InChI is InChI=1S/C20H19N3O3/c1-3-26-19-10-14(8-9-18(19)24)12-21-23-20(25)16-11-15-6-4-5-7-17(15)22-13(16)2/h4-12,24H,3H2,1-2H3,(H,23,25)/b21-12-. The van der Waals surface area contributed by atoms with E-state index >= 15 is 0 Å².